The third kappa shape index (κ3) is 3.94. The minimum absolute atomic E-state index is 0.0442. The quantitative estimate of drug-likeness (QED) is 0.790. The number of nitrogens with one attached hydrogen (secondary N) is 1. The summed E-state index contributed by atoms with van der Waals surface area (Å²) < 4.78 is 5.52. The molecule has 4 rings (SSSR count). The maximum atomic E-state index is 13.0. The third-order valence-electron chi connectivity index (χ3n) is 5.50. The molecule has 2 heterocycles. The smallest absolute Gasteiger partial charge is 0.325 e. The Morgan fingerprint density at radius 3 is 2.24 bits per heavy atom. The van der Waals surface area contributed by atoms with Crippen LogP contribution in [0.3, 0.4) is 0 Å². The highest BCUT2D eigenvalue weighted by molar-refractivity contribution is 6.07. The summed E-state index contributed by atoms with van der Waals surface area (Å²) in [4.78, 5) is 40.8. The molecule has 29 heavy (non-hydrogen) atoms. The summed E-state index contributed by atoms with van der Waals surface area (Å²) in [6, 6.07) is 18.2. The molecule has 0 unspecified atom stereocenters. The predicted molar refractivity (Wildman–Crippen MR) is 106 cm³/mol. The summed E-state index contributed by atoms with van der Waals surface area (Å²) in [5.41, 5.74) is -0.0122. The zero-order valence-electron chi connectivity index (χ0n) is 16.0. The minimum Gasteiger partial charge on any atom is -0.484 e. The van der Waals surface area contributed by atoms with E-state index < -0.39 is 5.54 Å². The number of hydrogen-bond donors (Lipinski definition) is 1. The van der Waals surface area contributed by atoms with Gasteiger partial charge in [-0.05, 0) is 30.5 Å². The third-order valence-corrected chi connectivity index (χ3v) is 5.50. The van der Waals surface area contributed by atoms with E-state index in [0.29, 0.717) is 31.7 Å². The van der Waals surface area contributed by atoms with E-state index in [2.05, 4.69) is 5.32 Å². The Balaban J connectivity index is 1.34. The molecule has 1 N–H and O–H groups in total. The van der Waals surface area contributed by atoms with Gasteiger partial charge in [0.25, 0.3) is 11.8 Å². The van der Waals surface area contributed by atoms with Crippen LogP contribution in [-0.2, 0) is 16.1 Å². The molecule has 2 saturated heterocycles. The van der Waals surface area contributed by atoms with E-state index in [-0.39, 0.29) is 31.0 Å². The van der Waals surface area contributed by atoms with E-state index in [1.165, 1.54) is 4.90 Å². The van der Waals surface area contributed by atoms with Crippen molar-refractivity contribution in [2.24, 2.45) is 0 Å². The van der Waals surface area contributed by atoms with Crippen LogP contribution < -0.4 is 10.1 Å². The largest absolute Gasteiger partial charge is 0.484 e. The average Bonchev–Trinajstić information content (AvgIpc) is 2.98. The monoisotopic (exact) mass is 393 g/mol. The SMILES string of the molecule is O=C(COc1ccccc1)N1CCC2(CC1)NC(=O)N(Cc1ccccc1)C2=O. The summed E-state index contributed by atoms with van der Waals surface area (Å²) in [7, 11) is 0. The van der Waals surface area contributed by atoms with Crippen molar-refractivity contribution in [3.8, 4) is 5.75 Å². The molecule has 2 aromatic rings. The van der Waals surface area contributed by atoms with Crippen LogP contribution in [0.4, 0.5) is 4.79 Å². The maximum absolute atomic E-state index is 13.0. The van der Waals surface area contributed by atoms with Crippen molar-refractivity contribution in [3.63, 3.8) is 0 Å². The molecule has 0 aromatic heterocycles. The fraction of sp³-hybridized carbons (Fsp3) is 0.318. The fourth-order valence-electron chi connectivity index (χ4n) is 3.82. The van der Waals surface area contributed by atoms with Gasteiger partial charge in [-0.1, -0.05) is 48.5 Å². The Morgan fingerprint density at radius 1 is 0.966 bits per heavy atom. The number of ether oxygens (including phenoxy) is 1. The van der Waals surface area contributed by atoms with E-state index in [1.54, 1.807) is 17.0 Å². The number of benzene rings is 2. The van der Waals surface area contributed by atoms with Crippen molar-refractivity contribution in [1.82, 2.24) is 15.1 Å². The van der Waals surface area contributed by atoms with Gasteiger partial charge in [-0.15, -0.1) is 0 Å². The first kappa shape index (κ1) is 19.0. The average molecular weight is 393 g/mol. The molecule has 150 valence electrons. The van der Waals surface area contributed by atoms with Gasteiger partial charge in [-0.25, -0.2) is 4.79 Å². The second-order valence-corrected chi connectivity index (χ2v) is 7.37. The lowest BCUT2D eigenvalue weighted by Gasteiger charge is -2.37. The number of piperidine rings is 1. The van der Waals surface area contributed by atoms with Gasteiger partial charge < -0.3 is 15.0 Å². The summed E-state index contributed by atoms with van der Waals surface area (Å²) in [5.74, 6) is 0.310. The normalized spacial score (nSPS) is 18.1. The molecule has 0 aliphatic carbocycles. The van der Waals surface area contributed by atoms with Gasteiger partial charge in [0.15, 0.2) is 6.61 Å². The van der Waals surface area contributed by atoms with Crippen LogP contribution in [-0.4, -0.2) is 52.9 Å². The molecular formula is C22H23N3O4. The molecular weight excluding hydrogens is 370 g/mol. The van der Waals surface area contributed by atoms with Gasteiger partial charge in [-0.3, -0.25) is 14.5 Å². The summed E-state index contributed by atoms with van der Waals surface area (Å²) in [5, 5.41) is 2.87. The predicted octanol–water partition coefficient (Wildman–Crippen LogP) is 2.18. The lowest BCUT2D eigenvalue weighted by Crippen LogP contribution is -2.56. The molecule has 7 nitrogen and oxygen atoms in total. The standard InChI is InChI=1S/C22H23N3O4/c26-19(16-29-18-9-5-2-6-10-18)24-13-11-22(12-14-24)20(27)25(21(28)23-22)15-17-7-3-1-4-8-17/h1-10H,11-16H2,(H,23,28). The van der Waals surface area contributed by atoms with Gasteiger partial charge in [0.05, 0.1) is 6.54 Å². The van der Waals surface area contributed by atoms with Crippen molar-refractivity contribution in [2.75, 3.05) is 19.7 Å². The van der Waals surface area contributed by atoms with Crippen molar-refractivity contribution >= 4 is 17.8 Å². The molecule has 0 bridgehead atoms. The summed E-state index contributed by atoms with van der Waals surface area (Å²) in [6.45, 7) is 1.02. The Kier molecular flexibility index (Phi) is 5.20. The van der Waals surface area contributed by atoms with Gasteiger partial charge in [0, 0.05) is 13.1 Å². The number of hydrogen-bond acceptors (Lipinski definition) is 4. The highest BCUT2D eigenvalue weighted by atomic mass is 16.5. The zero-order chi connectivity index (χ0) is 20.3. The molecule has 0 atom stereocenters. The fourth-order valence-corrected chi connectivity index (χ4v) is 3.82. The van der Waals surface area contributed by atoms with Crippen LogP contribution in [0.15, 0.2) is 60.7 Å². The summed E-state index contributed by atoms with van der Waals surface area (Å²) >= 11 is 0. The first-order valence-electron chi connectivity index (χ1n) is 9.71. The van der Waals surface area contributed by atoms with E-state index >= 15 is 0 Å². The number of para-hydroxylation sites is 1. The first-order chi connectivity index (χ1) is 14.1. The van der Waals surface area contributed by atoms with E-state index in [9.17, 15) is 14.4 Å². The summed E-state index contributed by atoms with van der Waals surface area (Å²) in [6.07, 6.45) is 0.805. The van der Waals surface area contributed by atoms with Crippen molar-refractivity contribution in [3.05, 3.63) is 66.2 Å². The van der Waals surface area contributed by atoms with Crippen LogP contribution in [0, 0.1) is 0 Å². The highest BCUT2D eigenvalue weighted by Gasteiger charge is 2.52. The zero-order valence-corrected chi connectivity index (χ0v) is 16.0. The molecule has 1 spiro atoms. The van der Waals surface area contributed by atoms with E-state index in [1.807, 2.05) is 48.5 Å². The molecule has 2 aliphatic rings. The Morgan fingerprint density at radius 2 is 1.59 bits per heavy atom. The second-order valence-electron chi connectivity index (χ2n) is 7.37. The van der Waals surface area contributed by atoms with Crippen LogP contribution >= 0.6 is 0 Å². The van der Waals surface area contributed by atoms with Gasteiger partial charge in [0.1, 0.15) is 11.3 Å². The van der Waals surface area contributed by atoms with Crippen LogP contribution in [0.25, 0.3) is 0 Å². The van der Waals surface area contributed by atoms with Gasteiger partial charge >= 0.3 is 6.03 Å². The molecule has 0 saturated carbocycles. The van der Waals surface area contributed by atoms with Gasteiger partial charge in [0.2, 0.25) is 0 Å². The topological polar surface area (TPSA) is 79.0 Å². The van der Waals surface area contributed by atoms with Gasteiger partial charge in [-0.2, -0.15) is 0 Å². The van der Waals surface area contributed by atoms with Crippen LogP contribution in [0.2, 0.25) is 0 Å². The number of likely N-dealkylation sites (tertiary alicyclic amines) is 1. The van der Waals surface area contributed by atoms with E-state index in [0.717, 1.165) is 5.56 Å². The minimum atomic E-state index is -0.914. The van der Waals surface area contributed by atoms with E-state index in [4.69, 9.17) is 4.74 Å². The number of rotatable bonds is 5. The Hall–Kier alpha value is -3.35. The molecule has 4 amide bonds. The van der Waals surface area contributed by atoms with Crippen molar-refractivity contribution < 1.29 is 19.1 Å². The number of urea groups is 1. The number of nitrogens with zero attached hydrogens (tertiary/aromatic N) is 2. The number of imide groups is 1. The molecule has 2 aliphatic heterocycles. The lowest BCUT2D eigenvalue weighted by atomic mass is 9.87. The highest BCUT2D eigenvalue weighted by Crippen LogP contribution is 2.30. The Bertz CT molecular complexity index is 893. The lowest BCUT2D eigenvalue weighted by molar-refractivity contribution is -0.139. The molecule has 2 aromatic carbocycles. The van der Waals surface area contributed by atoms with Crippen LogP contribution in [0.1, 0.15) is 18.4 Å². The molecule has 0 radical (unpaired) electrons. The number of amides is 4. The second kappa shape index (κ2) is 7.95. The number of carbonyl (C=O) groups excluding carboxylic acids is 3. The van der Waals surface area contributed by atoms with Crippen molar-refractivity contribution in [1.29, 1.82) is 0 Å². The van der Waals surface area contributed by atoms with Crippen LogP contribution in [0.5, 0.6) is 5.75 Å². The maximum Gasteiger partial charge on any atom is 0.325 e. The molecule has 2 fully saturated rings. The van der Waals surface area contributed by atoms with Crippen molar-refractivity contribution in [2.45, 2.75) is 24.9 Å². The first-order valence-corrected chi connectivity index (χ1v) is 9.71. The number of carbonyl (C=O) groups is 3. The molecule has 7 heteroatoms. The Labute approximate surface area is 169 Å².